The number of aliphatic hydroxyl groups is 1. The summed E-state index contributed by atoms with van der Waals surface area (Å²) in [6, 6.07) is 1.75. The number of hydrogen-bond donors (Lipinski definition) is 1. The molecule has 1 saturated heterocycles. The van der Waals surface area contributed by atoms with Crippen molar-refractivity contribution in [1.82, 2.24) is 24.1 Å². The average Bonchev–Trinajstić information content (AvgIpc) is 3.26. The van der Waals surface area contributed by atoms with Crippen molar-refractivity contribution < 1.29 is 19.0 Å². The lowest BCUT2D eigenvalue weighted by Crippen LogP contribution is -2.52. The van der Waals surface area contributed by atoms with Crippen LogP contribution in [-0.2, 0) is 9.53 Å². The van der Waals surface area contributed by atoms with Crippen LogP contribution >= 0.6 is 0 Å². The molecular formula is C28H32FN5O3. The molecule has 0 unspecified atom stereocenters. The molecule has 1 amide bonds. The molecule has 1 atom stereocenters. The summed E-state index contributed by atoms with van der Waals surface area (Å²) >= 11 is 0. The van der Waals surface area contributed by atoms with Crippen molar-refractivity contribution in [2.24, 2.45) is 0 Å². The van der Waals surface area contributed by atoms with E-state index in [1.807, 2.05) is 43.5 Å². The minimum absolute atomic E-state index is 0.0401. The van der Waals surface area contributed by atoms with Gasteiger partial charge < -0.3 is 19.1 Å². The fraction of sp³-hybridized carbons (Fsp3) is 0.357. The molecule has 194 valence electrons. The van der Waals surface area contributed by atoms with Gasteiger partial charge in [0.1, 0.15) is 0 Å². The van der Waals surface area contributed by atoms with E-state index in [4.69, 9.17) is 9.84 Å². The Hall–Kier alpha value is -3.53. The largest absolute Gasteiger partial charge is 0.394 e. The van der Waals surface area contributed by atoms with Gasteiger partial charge in [0.2, 0.25) is 0 Å². The van der Waals surface area contributed by atoms with E-state index in [1.54, 1.807) is 27.8 Å². The molecule has 3 aliphatic rings. The van der Waals surface area contributed by atoms with Crippen LogP contribution in [0, 0.1) is 12.7 Å². The van der Waals surface area contributed by atoms with Crippen molar-refractivity contribution in [3.8, 4) is 0 Å². The van der Waals surface area contributed by atoms with Gasteiger partial charge in [0, 0.05) is 68.2 Å². The fourth-order valence-electron chi connectivity index (χ4n) is 4.94. The van der Waals surface area contributed by atoms with Crippen LogP contribution in [0.5, 0.6) is 0 Å². The number of carbonyl (C=O) groups is 1. The van der Waals surface area contributed by atoms with Gasteiger partial charge in [-0.05, 0) is 43.7 Å². The number of carbonyl (C=O) groups excluding carboxylic acids is 1. The molecule has 1 N–H and O–H groups in total. The van der Waals surface area contributed by atoms with E-state index in [1.165, 1.54) is 6.07 Å². The van der Waals surface area contributed by atoms with E-state index in [2.05, 4.69) is 21.7 Å². The standard InChI is InChI=1S/C28H32FN5O3/c1-20-16-33-18-23(14-26(29)28(33)30-20)22-4-3-5-24-6-7-25(19-34(24)27(36)15-22)32-9-8-31(21(2)17-32)10-12-37-13-11-35/h3-7,14-16,18-19,21,35H,8-13,17H2,1-2H3/b4-3?,22-15?,24-5+/t21-/m0/s1. The maximum atomic E-state index is 14.7. The maximum absolute atomic E-state index is 14.7. The number of piperazine rings is 1. The molecule has 37 heavy (non-hydrogen) atoms. The number of aryl methyl sites for hydroxylation is 1. The van der Waals surface area contributed by atoms with Gasteiger partial charge in [0.05, 0.1) is 31.2 Å². The maximum Gasteiger partial charge on any atom is 0.255 e. The highest BCUT2D eigenvalue weighted by Gasteiger charge is 2.27. The number of imidazole rings is 1. The molecule has 2 aromatic heterocycles. The van der Waals surface area contributed by atoms with E-state index in [0.29, 0.717) is 30.4 Å². The SMILES string of the molecule is Cc1cn2cc(C3=CC(=O)N4C=C(N5CCN(CCOCCO)[C@@H](C)C5)C=C/C4=C\C=C3)cc(F)c2n1. The summed E-state index contributed by atoms with van der Waals surface area (Å²) < 4.78 is 21.8. The first-order chi connectivity index (χ1) is 17.9. The number of rotatable bonds is 7. The third-order valence-corrected chi connectivity index (χ3v) is 6.87. The zero-order chi connectivity index (χ0) is 25.9. The Morgan fingerprint density at radius 3 is 2.81 bits per heavy atom. The van der Waals surface area contributed by atoms with Gasteiger partial charge in [-0.25, -0.2) is 9.37 Å². The van der Waals surface area contributed by atoms with Crippen LogP contribution in [0.15, 0.2) is 72.5 Å². The summed E-state index contributed by atoms with van der Waals surface area (Å²) in [6.07, 6.45) is 16.6. The Bertz CT molecular complexity index is 1340. The molecule has 0 bridgehead atoms. The Morgan fingerprint density at radius 2 is 2.00 bits per heavy atom. The fourth-order valence-corrected chi connectivity index (χ4v) is 4.94. The normalized spacial score (nSPS) is 21.9. The number of halogens is 1. The molecular weight excluding hydrogens is 473 g/mol. The van der Waals surface area contributed by atoms with Gasteiger partial charge in [-0.3, -0.25) is 14.6 Å². The smallest absolute Gasteiger partial charge is 0.255 e. The van der Waals surface area contributed by atoms with E-state index in [0.717, 1.165) is 43.3 Å². The van der Waals surface area contributed by atoms with Crippen LogP contribution in [0.3, 0.4) is 0 Å². The number of hydrogen-bond acceptors (Lipinski definition) is 6. The van der Waals surface area contributed by atoms with Gasteiger partial charge in [-0.1, -0.05) is 12.2 Å². The number of fused-ring (bicyclic) bond motifs is 2. The van der Waals surface area contributed by atoms with E-state index >= 15 is 0 Å². The Morgan fingerprint density at radius 1 is 1.16 bits per heavy atom. The van der Waals surface area contributed by atoms with E-state index in [-0.39, 0.29) is 18.2 Å². The lowest BCUT2D eigenvalue weighted by molar-refractivity contribution is -0.122. The summed E-state index contributed by atoms with van der Waals surface area (Å²) in [5.74, 6) is -0.621. The highest BCUT2D eigenvalue weighted by atomic mass is 19.1. The Kier molecular flexibility index (Phi) is 7.36. The summed E-state index contributed by atoms with van der Waals surface area (Å²) in [5, 5.41) is 8.88. The van der Waals surface area contributed by atoms with Crippen LogP contribution in [0.1, 0.15) is 18.2 Å². The number of aliphatic hydroxyl groups excluding tert-OH is 1. The average molecular weight is 506 g/mol. The molecule has 0 spiro atoms. The predicted molar refractivity (Wildman–Crippen MR) is 140 cm³/mol. The van der Waals surface area contributed by atoms with Crippen LogP contribution in [0.25, 0.3) is 11.2 Å². The van der Waals surface area contributed by atoms with Gasteiger partial charge in [0.25, 0.3) is 5.91 Å². The van der Waals surface area contributed by atoms with Gasteiger partial charge in [-0.15, -0.1) is 0 Å². The topological polar surface area (TPSA) is 73.6 Å². The molecule has 1 fully saturated rings. The number of ether oxygens (including phenoxy) is 1. The Labute approximate surface area is 215 Å². The van der Waals surface area contributed by atoms with Gasteiger partial charge >= 0.3 is 0 Å². The lowest BCUT2D eigenvalue weighted by Gasteiger charge is -2.42. The number of amides is 1. The minimum atomic E-state index is -0.429. The molecule has 0 aromatic carbocycles. The second-order valence-corrected chi connectivity index (χ2v) is 9.50. The third kappa shape index (κ3) is 5.44. The Balaban J connectivity index is 1.33. The molecule has 2 aromatic rings. The molecule has 0 aliphatic carbocycles. The van der Waals surface area contributed by atoms with Crippen molar-refractivity contribution in [2.45, 2.75) is 19.9 Å². The van der Waals surface area contributed by atoms with Crippen molar-refractivity contribution in [1.29, 1.82) is 0 Å². The quantitative estimate of drug-likeness (QED) is 0.584. The summed E-state index contributed by atoms with van der Waals surface area (Å²) in [5.41, 5.74) is 3.99. The molecule has 8 nitrogen and oxygen atoms in total. The summed E-state index contributed by atoms with van der Waals surface area (Å²) in [4.78, 5) is 23.9. The first-order valence-electron chi connectivity index (χ1n) is 12.6. The van der Waals surface area contributed by atoms with Crippen LogP contribution < -0.4 is 0 Å². The van der Waals surface area contributed by atoms with E-state index < -0.39 is 5.82 Å². The van der Waals surface area contributed by atoms with Crippen LogP contribution in [0.4, 0.5) is 4.39 Å². The lowest BCUT2D eigenvalue weighted by atomic mass is 10.0. The second kappa shape index (κ2) is 10.8. The first-order valence-corrected chi connectivity index (χ1v) is 12.6. The highest BCUT2D eigenvalue weighted by Crippen LogP contribution is 2.27. The summed E-state index contributed by atoms with van der Waals surface area (Å²) in [6.45, 7) is 8.40. The number of nitrogens with zero attached hydrogens (tertiary/aromatic N) is 5. The molecule has 0 radical (unpaired) electrons. The highest BCUT2D eigenvalue weighted by molar-refractivity contribution is 5.99. The predicted octanol–water partition coefficient (Wildman–Crippen LogP) is 2.87. The minimum Gasteiger partial charge on any atom is -0.394 e. The van der Waals surface area contributed by atoms with Crippen molar-refractivity contribution in [2.75, 3.05) is 46.0 Å². The van der Waals surface area contributed by atoms with Crippen LogP contribution in [0.2, 0.25) is 0 Å². The van der Waals surface area contributed by atoms with Crippen molar-refractivity contribution in [3.63, 3.8) is 0 Å². The van der Waals surface area contributed by atoms with E-state index in [9.17, 15) is 9.18 Å². The number of pyridine rings is 1. The summed E-state index contributed by atoms with van der Waals surface area (Å²) in [7, 11) is 0. The van der Waals surface area contributed by atoms with Gasteiger partial charge in [-0.2, -0.15) is 0 Å². The van der Waals surface area contributed by atoms with Crippen molar-refractivity contribution in [3.05, 3.63) is 89.6 Å². The molecule has 9 heteroatoms. The molecule has 3 aliphatic heterocycles. The molecule has 5 rings (SSSR count). The van der Waals surface area contributed by atoms with Crippen molar-refractivity contribution >= 4 is 17.1 Å². The van der Waals surface area contributed by atoms with Crippen LogP contribution in [-0.4, -0.2) is 87.1 Å². The number of allylic oxidation sites excluding steroid dienone is 6. The number of aromatic nitrogens is 2. The first kappa shape index (κ1) is 25.1. The zero-order valence-corrected chi connectivity index (χ0v) is 21.2. The molecule has 5 heterocycles. The monoisotopic (exact) mass is 505 g/mol. The second-order valence-electron chi connectivity index (χ2n) is 9.50. The molecule has 0 saturated carbocycles. The zero-order valence-electron chi connectivity index (χ0n) is 21.2. The third-order valence-electron chi connectivity index (χ3n) is 6.87. The van der Waals surface area contributed by atoms with Gasteiger partial charge in [0.15, 0.2) is 11.5 Å².